The molecule has 6 nitrogen and oxygen atoms in total. The predicted octanol–water partition coefficient (Wildman–Crippen LogP) is 3.58. The van der Waals surface area contributed by atoms with Crippen LogP contribution in [0.2, 0.25) is 0 Å². The van der Waals surface area contributed by atoms with Crippen LogP contribution in [0.1, 0.15) is 18.1 Å². The molecule has 0 saturated carbocycles. The van der Waals surface area contributed by atoms with Crippen LogP contribution in [0.3, 0.4) is 0 Å². The molecule has 0 spiro atoms. The Morgan fingerprint density at radius 1 is 1.10 bits per heavy atom. The van der Waals surface area contributed by atoms with Crippen molar-refractivity contribution in [2.24, 2.45) is 0 Å². The highest BCUT2D eigenvalue weighted by atomic mass is 32.1. The number of hydrogen-bond acceptors (Lipinski definition) is 4. The number of halogens is 1. The normalized spacial score (nSPS) is 10.7. The average molecular weight is 430 g/mol. The number of nitrogens with zero attached hydrogens (tertiary/aromatic N) is 1. The van der Waals surface area contributed by atoms with Crippen LogP contribution in [0.25, 0.3) is 10.9 Å². The number of thiocarbonyl (C=S) groups is 1. The first-order valence-electron chi connectivity index (χ1n) is 9.50. The van der Waals surface area contributed by atoms with Gasteiger partial charge in [-0.2, -0.15) is 0 Å². The minimum Gasteiger partial charge on any atom is -0.493 e. The quantitative estimate of drug-likeness (QED) is 0.560. The number of aromatic amines is 1. The van der Waals surface area contributed by atoms with E-state index in [0.717, 1.165) is 10.9 Å². The largest absolute Gasteiger partial charge is 0.493 e. The second kappa shape index (κ2) is 9.58. The highest BCUT2D eigenvalue weighted by Crippen LogP contribution is 2.31. The molecule has 1 heterocycles. The monoisotopic (exact) mass is 429 g/mol. The summed E-state index contributed by atoms with van der Waals surface area (Å²) in [6.45, 7) is 3.34. The first kappa shape index (κ1) is 21.6. The van der Waals surface area contributed by atoms with Gasteiger partial charge >= 0.3 is 0 Å². The molecular formula is C22H24FN3O3S. The number of H-pyrrole nitrogens is 1. The molecule has 2 aromatic carbocycles. The number of rotatable bonds is 7. The number of nitrogens with one attached hydrogen (secondary N) is 2. The Kier molecular flexibility index (Phi) is 6.89. The maximum Gasteiger partial charge on any atom is 0.253 e. The summed E-state index contributed by atoms with van der Waals surface area (Å²) < 4.78 is 23.9. The van der Waals surface area contributed by atoms with Crippen LogP contribution in [-0.4, -0.2) is 35.8 Å². The van der Waals surface area contributed by atoms with Gasteiger partial charge in [-0.05, 0) is 49.0 Å². The van der Waals surface area contributed by atoms with Gasteiger partial charge in [0.1, 0.15) is 5.82 Å². The number of pyridine rings is 1. The summed E-state index contributed by atoms with van der Waals surface area (Å²) in [6.07, 6.45) is 0. The highest BCUT2D eigenvalue weighted by molar-refractivity contribution is 7.80. The number of methoxy groups -OCH3 is 2. The zero-order valence-corrected chi connectivity index (χ0v) is 17.9. The smallest absolute Gasteiger partial charge is 0.253 e. The molecule has 3 rings (SSSR count). The van der Waals surface area contributed by atoms with Crippen LogP contribution in [0, 0.1) is 5.82 Å². The van der Waals surface area contributed by atoms with Gasteiger partial charge < -0.3 is 24.7 Å². The van der Waals surface area contributed by atoms with Gasteiger partial charge in [-0.3, -0.25) is 4.79 Å². The SMILES string of the molecule is CCNC(=S)N(Cc1ccc(F)cc1)Cc1cc2cc(OC)c(OC)cc2[nH]c1=O. The van der Waals surface area contributed by atoms with E-state index in [9.17, 15) is 9.18 Å². The van der Waals surface area contributed by atoms with Gasteiger partial charge in [-0.25, -0.2) is 4.39 Å². The lowest BCUT2D eigenvalue weighted by Crippen LogP contribution is -2.39. The van der Waals surface area contributed by atoms with Crippen LogP contribution >= 0.6 is 12.2 Å². The van der Waals surface area contributed by atoms with Crippen LogP contribution in [0.5, 0.6) is 11.5 Å². The number of hydrogen-bond donors (Lipinski definition) is 2. The average Bonchev–Trinajstić information content (AvgIpc) is 2.74. The van der Waals surface area contributed by atoms with E-state index in [1.807, 2.05) is 24.0 Å². The van der Waals surface area contributed by atoms with Crippen molar-refractivity contribution in [2.75, 3.05) is 20.8 Å². The number of aromatic nitrogens is 1. The molecule has 2 N–H and O–H groups in total. The lowest BCUT2D eigenvalue weighted by atomic mass is 10.1. The summed E-state index contributed by atoms with van der Waals surface area (Å²) in [5, 5.41) is 4.46. The first-order chi connectivity index (χ1) is 14.4. The van der Waals surface area contributed by atoms with E-state index in [-0.39, 0.29) is 11.4 Å². The lowest BCUT2D eigenvalue weighted by Gasteiger charge is -2.25. The van der Waals surface area contributed by atoms with Crippen molar-refractivity contribution in [1.29, 1.82) is 0 Å². The summed E-state index contributed by atoms with van der Waals surface area (Å²) in [4.78, 5) is 17.5. The van der Waals surface area contributed by atoms with Gasteiger partial charge in [-0.1, -0.05) is 12.1 Å². The maximum atomic E-state index is 13.3. The fourth-order valence-electron chi connectivity index (χ4n) is 3.17. The molecule has 0 bridgehead atoms. The van der Waals surface area contributed by atoms with Gasteiger partial charge in [0.05, 0.1) is 26.3 Å². The Morgan fingerprint density at radius 2 is 1.77 bits per heavy atom. The standard InChI is InChI=1S/C22H24FN3O3S/c1-4-24-22(30)26(12-14-5-7-17(23)8-6-14)13-16-9-15-10-19(28-2)20(29-3)11-18(15)25-21(16)27/h5-11H,4,12-13H2,1-3H3,(H,24,30)(H,25,27). The third kappa shape index (κ3) is 4.88. The van der Waals surface area contributed by atoms with Gasteiger partial charge in [0, 0.05) is 30.1 Å². The second-order valence-electron chi connectivity index (χ2n) is 6.74. The Labute approximate surface area is 179 Å². The maximum absolute atomic E-state index is 13.3. The zero-order valence-electron chi connectivity index (χ0n) is 17.1. The van der Waals surface area contributed by atoms with Crippen molar-refractivity contribution >= 4 is 28.2 Å². The van der Waals surface area contributed by atoms with Crippen LogP contribution in [0.15, 0.2) is 47.3 Å². The molecule has 8 heteroatoms. The van der Waals surface area contributed by atoms with Gasteiger partial charge in [0.2, 0.25) is 0 Å². The van der Waals surface area contributed by atoms with Gasteiger partial charge in [-0.15, -0.1) is 0 Å². The van der Waals surface area contributed by atoms with Crippen molar-refractivity contribution in [3.8, 4) is 11.5 Å². The van der Waals surface area contributed by atoms with Crippen LogP contribution < -0.4 is 20.3 Å². The Bertz CT molecular complexity index is 1100. The predicted molar refractivity (Wildman–Crippen MR) is 120 cm³/mol. The molecule has 0 unspecified atom stereocenters. The zero-order chi connectivity index (χ0) is 21.7. The Morgan fingerprint density at radius 3 is 2.40 bits per heavy atom. The molecular weight excluding hydrogens is 405 g/mol. The van der Waals surface area contributed by atoms with Crippen molar-refractivity contribution in [2.45, 2.75) is 20.0 Å². The minimum absolute atomic E-state index is 0.210. The molecule has 0 aliphatic carbocycles. The molecule has 158 valence electrons. The molecule has 0 fully saturated rings. The van der Waals surface area contributed by atoms with Crippen molar-refractivity contribution in [1.82, 2.24) is 15.2 Å². The Balaban J connectivity index is 1.95. The number of benzene rings is 2. The van der Waals surface area contributed by atoms with E-state index < -0.39 is 0 Å². The third-order valence-electron chi connectivity index (χ3n) is 4.69. The summed E-state index contributed by atoms with van der Waals surface area (Å²) in [5.74, 6) is 0.823. The molecule has 0 amide bonds. The number of ether oxygens (including phenoxy) is 2. The number of fused-ring (bicyclic) bond motifs is 1. The van der Waals surface area contributed by atoms with Gasteiger partial charge in [0.15, 0.2) is 16.6 Å². The van der Waals surface area contributed by atoms with Crippen molar-refractivity contribution in [3.05, 3.63) is 69.8 Å². The summed E-state index contributed by atoms with van der Waals surface area (Å²) in [5.41, 5.74) is 1.89. The molecule has 0 saturated heterocycles. The summed E-state index contributed by atoms with van der Waals surface area (Å²) >= 11 is 5.50. The lowest BCUT2D eigenvalue weighted by molar-refractivity contribution is 0.355. The van der Waals surface area contributed by atoms with E-state index in [0.29, 0.717) is 47.3 Å². The Hall–Kier alpha value is -3.13. The van der Waals surface area contributed by atoms with Crippen LogP contribution in [-0.2, 0) is 13.1 Å². The molecule has 0 radical (unpaired) electrons. The highest BCUT2D eigenvalue weighted by Gasteiger charge is 2.15. The molecule has 0 aliphatic rings. The topological polar surface area (TPSA) is 66.6 Å². The molecule has 3 aromatic rings. The summed E-state index contributed by atoms with van der Waals surface area (Å²) in [6, 6.07) is 11.6. The van der Waals surface area contributed by atoms with E-state index in [1.165, 1.54) is 12.1 Å². The fraction of sp³-hybridized carbons (Fsp3) is 0.273. The molecule has 1 aromatic heterocycles. The first-order valence-corrected chi connectivity index (χ1v) is 9.91. The van der Waals surface area contributed by atoms with E-state index in [2.05, 4.69) is 10.3 Å². The van der Waals surface area contributed by atoms with Crippen LogP contribution in [0.4, 0.5) is 4.39 Å². The second-order valence-corrected chi connectivity index (χ2v) is 7.12. The van der Waals surface area contributed by atoms with Crippen molar-refractivity contribution < 1.29 is 13.9 Å². The van der Waals surface area contributed by atoms with Crippen molar-refractivity contribution in [3.63, 3.8) is 0 Å². The molecule has 0 aliphatic heterocycles. The third-order valence-corrected chi connectivity index (χ3v) is 5.09. The van der Waals surface area contributed by atoms with E-state index in [1.54, 1.807) is 32.4 Å². The molecule has 0 atom stereocenters. The van der Waals surface area contributed by atoms with E-state index >= 15 is 0 Å². The minimum atomic E-state index is -0.296. The fourth-order valence-corrected chi connectivity index (χ4v) is 3.45. The van der Waals surface area contributed by atoms with Gasteiger partial charge in [0.25, 0.3) is 5.56 Å². The molecule has 30 heavy (non-hydrogen) atoms. The van der Waals surface area contributed by atoms with E-state index in [4.69, 9.17) is 21.7 Å². The summed E-state index contributed by atoms with van der Waals surface area (Å²) in [7, 11) is 3.11.